The fourth-order valence-corrected chi connectivity index (χ4v) is 2.76. The van der Waals surface area contributed by atoms with Gasteiger partial charge in [0.2, 0.25) is 0 Å². The van der Waals surface area contributed by atoms with Crippen molar-refractivity contribution in [2.45, 2.75) is 32.3 Å². The maximum Gasteiger partial charge on any atom is 0.189 e. The van der Waals surface area contributed by atoms with Crippen LogP contribution in [-0.2, 0) is 6.42 Å². The molecule has 1 N–H and O–H groups in total. The molecule has 0 bridgehead atoms. The zero-order chi connectivity index (χ0) is 18.2. The molecule has 0 aliphatic carbocycles. The van der Waals surface area contributed by atoms with Gasteiger partial charge in [0.25, 0.3) is 0 Å². The number of fused-ring (bicyclic) bond motifs is 1. The minimum absolute atomic E-state index is 0.154. The van der Waals surface area contributed by atoms with Gasteiger partial charge in [0.15, 0.2) is 17.4 Å². The summed E-state index contributed by atoms with van der Waals surface area (Å²) >= 11 is 0. The minimum atomic E-state index is -0.981. The van der Waals surface area contributed by atoms with Gasteiger partial charge in [-0.25, -0.2) is 8.78 Å². The van der Waals surface area contributed by atoms with Crippen LogP contribution in [0.3, 0.4) is 0 Å². The molecule has 1 aliphatic heterocycles. The Morgan fingerprint density at radius 1 is 1.20 bits per heavy atom. The molecule has 3 nitrogen and oxygen atoms in total. The van der Waals surface area contributed by atoms with Gasteiger partial charge in [0.1, 0.15) is 17.1 Å². The molecule has 0 aromatic heterocycles. The monoisotopic (exact) mass is 344 g/mol. The van der Waals surface area contributed by atoms with Crippen LogP contribution in [0.4, 0.5) is 8.78 Å². The molecule has 1 aliphatic rings. The van der Waals surface area contributed by atoms with Gasteiger partial charge in [0, 0.05) is 6.07 Å². The van der Waals surface area contributed by atoms with E-state index in [-0.39, 0.29) is 16.9 Å². The number of hydrogen-bond acceptors (Lipinski definition) is 3. The minimum Gasteiger partial charge on any atom is -0.507 e. The van der Waals surface area contributed by atoms with Crippen LogP contribution in [0.1, 0.15) is 41.8 Å². The summed E-state index contributed by atoms with van der Waals surface area (Å²) in [5.41, 5.74) is 1.06. The van der Waals surface area contributed by atoms with E-state index in [9.17, 15) is 18.7 Å². The first-order valence-electron chi connectivity index (χ1n) is 7.97. The fraction of sp³-hybridized carbons (Fsp3) is 0.250. The molecule has 0 radical (unpaired) electrons. The van der Waals surface area contributed by atoms with Crippen LogP contribution in [0.2, 0.25) is 0 Å². The van der Waals surface area contributed by atoms with E-state index < -0.39 is 17.4 Å². The molecular weight excluding hydrogens is 326 g/mol. The third-order valence-corrected chi connectivity index (χ3v) is 4.20. The lowest BCUT2D eigenvalue weighted by Crippen LogP contribution is -2.32. The van der Waals surface area contributed by atoms with E-state index in [1.807, 2.05) is 13.8 Å². The largest absolute Gasteiger partial charge is 0.507 e. The van der Waals surface area contributed by atoms with Crippen LogP contribution < -0.4 is 4.74 Å². The molecule has 1 heterocycles. The summed E-state index contributed by atoms with van der Waals surface area (Å²) in [4.78, 5) is 12.3. The Labute approximate surface area is 144 Å². The van der Waals surface area contributed by atoms with Crippen molar-refractivity contribution in [1.82, 2.24) is 0 Å². The van der Waals surface area contributed by atoms with Crippen molar-refractivity contribution in [1.29, 1.82) is 0 Å². The fourth-order valence-electron chi connectivity index (χ4n) is 2.76. The van der Waals surface area contributed by atoms with Crippen molar-refractivity contribution in [2.75, 3.05) is 0 Å². The average molecular weight is 344 g/mol. The van der Waals surface area contributed by atoms with Crippen molar-refractivity contribution in [2.24, 2.45) is 0 Å². The lowest BCUT2D eigenvalue weighted by Gasteiger charge is -2.32. The number of phenolic OH excluding ortho intramolecular Hbond substituents is 1. The number of halogens is 2. The number of carbonyl (C=O) groups is 1. The van der Waals surface area contributed by atoms with Gasteiger partial charge in [-0.1, -0.05) is 12.1 Å². The van der Waals surface area contributed by atoms with Crippen LogP contribution in [-0.4, -0.2) is 16.5 Å². The molecule has 3 rings (SSSR count). The van der Waals surface area contributed by atoms with E-state index in [4.69, 9.17) is 4.74 Å². The van der Waals surface area contributed by atoms with Gasteiger partial charge in [0.05, 0.1) is 5.56 Å². The average Bonchev–Trinajstić information content (AvgIpc) is 2.54. The van der Waals surface area contributed by atoms with Crippen LogP contribution >= 0.6 is 0 Å². The van der Waals surface area contributed by atoms with E-state index in [1.54, 1.807) is 6.07 Å². The van der Waals surface area contributed by atoms with Gasteiger partial charge >= 0.3 is 0 Å². The molecule has 0 spiro atoms. The van der Waals surface area contributed by atoms with Crippen molar-refractivity contribution in [3.8, 4) is 11.5 Å². The van der Waals surface area contributed by atoms with E-state index in [0.717, 1.165) is 30.5 Å². The molecular formula is C20H18F2O3. The van der Waals surface area contributed by atoms with Crippen LogP contribution in [0.15, 0.2) is 36.4 Å². The highest BCUT2D eigenvalue weighted by atomic mass is 19.2. The zero-order valence-corrected chi connectivity index (χ0v) is 14.0. The number of hydrogen-bond donors (Lipinski definition) is 1. The van der Waals surface area contributed by atoms with Crippen molar-refractivity contribution < 1.29 is 23.4 Å². The van der Waals surface area contributed by atoms with Gasteiger partial charge in [-0.05, 0) is 62.1 Å². The molecule has 0 fully saturated rings. The van der Waals surface area contributed by atoms with Crippen LogP contribution in [0.25, 0.3) is 6.08 Å². The first-order valence-corrected chi connectivity index (χ1v) is 7.97. The summed E-state index contributed by atoms with van der Waals surface area (Å²) in [6.07, 6.45) is 4.16. The summed E-state index contributed by atoms with van der Waals surface area (Å²) in [6, 6.07) is 6.44. The SMILES string of the molecule is CC1(C)CCc2cc(C(=O)/C=C/c3ccc(F)c(F)c3)c(O)cc2O1. The quantitative estimate of drug-likeness (QED) is 0.650. The first-order chi connectivity index (χ1) is 11.7. The smallest absolute Gasteiger partial charge is 0.189 e. The molecule has 130 valence electrons. The normalized spacial score (nSPS) is 15.7. The Morgan fingerprint density at radius 3 is 2.68 bits per heavy atom. The number of phenols is 1. The van der Waals surface area contributed by atoms with Gasteiger partial charge in [-0.3, -0.25) is 4.79 Å². The molecule has 0 saturated heterocycles. The lowest BCUT2D eigenvalue weighted by atomic mass is 9.92. The van der Waals surface area contributed by atoms with Crippen molar-refractivity contribution in [3.63, 3.8) is 0 Å². The standard InChI is InChI=1S/C20H18F2O3/c1-20(2)8-7-13-10-14(18(24)11-19(13)25-20)17(23)6-4-12-3-5-15(21)16(22)9-12/h3-6,9-11,24H,7-8H2,1-2H3/b6-4+. The molecule has 0 saturated carbocycles. The summed E-state index contributed by atoms with van der Waals surface area (Å²) in [5.74, 6) is -1.94. The number of rotatable bonds is 3. The Balaban J connectivity index is 1.85. The Hall–Kier alpha value is -2.69. The van der Waals surface area contributed by atoms with E-state index >= 15 is 0 Å². The molecule has 25 heavy (non-hydrogen) atoms. The zero-order valence-electron chi connectivity index (χ0n) is 14.0. The lowest BCUT2D eigenvalue weighted by molar-refractivity contribution is 0.0842. The number of ketones is 1. The molecule has 2 aromatic carbocycles. The number of carbonyl (C=O) groups excluding carboxylic acids is 1. The maximum absolute atomic E-state index is 13.2. The van der Waals surface area contributed by atoms with Crippen molar-refractivity contribution in [3.05, 3.63) is 64.7 Å². The van der Waals surface area contributed by atoms with Crippen LogP contribution in [0, 0.1) is 11.6 Å². The Morgan fingerprint density at radius 2 is 1.96 bits per heavy atom. The van der Waals surface area contributed by atoms with Crippen LogP contribution in [0.5, 0.6) is 11.5 Å². The predicted molar refractivity (Wildman–Crippen MR) is 90.9 cm³/mol. The van der Waals surface area contributed by atoms with E-state index in [0.29, 0.717) is 11.3 Å². The third kappa shape index (κ3) is 3.71. The summed E-state index contributed by atoms with van der Waals surface area (Å²) in [6.45, 7) is 3.94. The highest BCUT2D eigenvalue weighted by molar-refractivity contribution is 6.08. The number of benzene rings is 2. The van der Waals surface area contributed by atoms with Gasteiger partial charge in [-0.2, -0.15) is 0 Å². The number of allylic oxidation sites excluding steroid dienone is 1. The Kier molecular flexibility index (Phi) is 4.33. The Bertz CT molecular complexity index is 869. The van der Waals surface area contributed by atoms with Gasteiger partial charge in [-0.15, -0.1) is 0 Å². The van der Waals surface area contributed by atoms with Crippen molar-refractivity contribution >= 4 is 11.9 Å². The second-order valence-electron chi connectivity index (χ2n) is 6.71. The predicted octanol–water partition coefficient (Wildman–Crippen LogP) is 4.67. The topological polar surface area (TPSA) is 46.5 Å². The molecule has 2 aromatic rings. The number of aryl methyl sites for hydroxylation is 1. The number of aromatic hydroxyl groups is 1. The summed E-state index contributed by atoms with van der Waals surface area (Å²) in [7, 11) is 0. The second-order valence-corrected chi connectivity index (χ2v) is 6.71. The van der Waals surface area contributed by atoms with E-state index in [1.165, 1.54) is 24.3 Å². The highest BCUT2D eigenvalue weighted by Gasteiger charge is 2.28. The van der Waals surface area contributed by atoms with E-state index in [2.05, 4.69) is 0 Å². The third-order valence-electron chi connectivity index (χ3n) is 4.20. The molecule has 0 amide bonds. The number of ether oxygens (including phenoxy) is 1. The summed E-state index contributed by atoms with van der Waals surface area (Å²) < 4.78 is 31.9. The molecule has 0 unspecified atom stereocenters. The second kappa shape index (κ2) is 6.31. The van der Waals surface area contributed by atoms with Gasteiger partial charge < -0.3 is 9.84 Å². The molecule has 0 atom stereocenters. The summed E-state index contributed by atoms with van der Waals surface area (Å²) in [5, 5.41) is 10.1. The maximum atomic E-state index is 13.2. The first kappa shape index (κ1) is 17.1. The molecule has 5 heteroatoms. The highest BCUT2D eigenvalue weighted by Crippen LogP contribution is 2.37.